The van der Waals surface area contributed by atoms with Crippen molar-refractivity contribution in [1.29, 1.82) is 0 Å². The molecule has 0 radical (unpaired) electrons. The van der Waals surface area contributed by atoms with E-state index in [-0.39, 0.29) is 5.88 Å². The Kier molecular flexibility index (Phi) is 4.37. The Labute approximate surface area is 143 Å². The van der Waals surface area contributed by atoms with Gasteiger partial charge in [-0.15, -0.1) is 11.7 Å². The Morgan fingerprint density at radius 2 is 1.78 bits per heavy atom. The second-order valence-corrected chi connectivity index (χ2v) is 5.79. The highest BCUT2D eigenvalue weighted by atomic mass is 35.5. The number of rotatable bonds is 4. The summed E-state index contributed by atoms with van der Waals surface area (Å²) in [5.74, 6) is 0.0444. The van der Waals surface area contributed by atoms with E-state index < -0.39 is 0 Å². The van der Waals surface area contributed by atoms with Crippen molar-refractivity contribution in [2.75, 3.05) is 0 Å². The summed E-state index contributed by atoms with van der Waals surface area (Å²) in [7, 11) is 0. The van der Waals surface area contributed by atoms with Crippen LogP contribution in [-0.4, -0.2) is 9.67 Å². The molecule has 1 heterocycles. The van der Waals surface area contributed by atoms with E-state index in [1.165, 1.54) is 0 Å². The molecule has 0 aliphatic carbocycles. The van der Waals surface area contributed by atoms with Gasteiger partial charge in [0.05, 0.1) is 11.2 Å². The molecule has 0 aliphatic heterocycles. The first-order valence-electron chi connectivity index (χ1n) is 6.89. The Hall–Kier alpha value is -2.30. The molecular weight excluding hydrogens is 333 g/mol. The fourth-order valence-electron chi connectivity index (χ4n) is 2.39. The van der Waals surface area contributed by atoms with E-state index in [0.29, 0.717) is 28.0 Å². The second-order valence-electron chi connectivity index (χ2n) is 4.92. The van der Waals surface area contributed by atoms with Gasteiger partial charge in [-0.2, -0.15) is 5.11 Å². The lowest BCUT2D eigenvalue weighted by molar-refractivity contribution is 0.431. The molecule has 0 amide bonds. The van der Waals surface area contributed by atoms with Crippen LogP contribution in [0.25, 0.3) is 10.9 Å². The molecule has 0 saturated heterocycles. The number of para-hydroxylation sites is 1. The standard InChI is InChI=1S/C17H13Cl2N3O/c1-2-7-22-15-6-4-3-5-14(15)16(17(22)23)21-20-13-9-11(18)8-12(19)10-13/h2-6,8-10,23H,1,7H2. The fraction of sp³-hybridized carbons (Fsp3) is 0.0588. The second kappa shape index (κ2) is 6.44. The molecule has 0 unspecified atom stereocenters. The molecule has 2 aromatic carbocycles. The van der Waals surface area contributed by atoms with Gasteiger partial charge in [-0.05, 0) is 24.3 Å². The lowest BCUT2D eigenvalue weighted by atomic mass is 10.2. The van der Waals surface area contributed by atoms with E-state index in [1.807, 2.05) is 24.3 Å². The van der Waals surface area contributed by atoms with Gasteiger partial charge in [0.2, 0.25) is 5.88 Å². The third-order valence-corrected chi connectivity index (χ3v) is 3.78. The molecule has 1 aromatic heterocycles. The van der Waals surface area contributed by atoms with Crippen LogP contribution in [-0.2, 0) is 6.54 Å². The maximum absolute atomic E-state index is 10.4. The van der Waals surface area contributed by atoms with Crippen molar-refractivity contribution in [3.05, 3.63) is 65.2 Å². The van der Waals surface area contributed by atoms with E-state index in [0.717, 1.165) is 10.9 Å². The number of halogens is 2. The molecule has 0 atom stereocenters. The zero-order valence-electron chi connectivity index (χ0n) is 12.1. The van der Waals surface area contributed by atoms with E-state index >= 15 is 0 Å². The lowest BCUT2D eigenvalue weighted by Gasteiger charge is -2.01. The molecule has 0 fully saturated rings. The first-order valence-corrected chi connectivity index (χ1v) is 7.64. The van der Waals surface area contributed by atoms with Crippen LogP contribution in [0.5, 0.6) is 5.88 Å². The minimum Gasteiger partial charge on any atom is -0.493 e. The van der Waals surface area contributed by atoms with Gasteiger partial charge in [0.1, 0.15) is 0 Å². The van der Waals surface area contributed by atoms with Gasteiger partial charge in [0.15, 0.2) is 5.69 Å². The minimum absolute atomic E-state index is 0.0444. The Morgan fingerprint density at radius 1 is 1.09 bits per heavy atom. The molecule has 0 saturated carbocycles. The zero-order chi connectivity index (χ0) is 16.4. The number of nitrogens with zero attached hydrogens (tertiary/aromatic N) is 3. The monoisotopic (exact) mass is 345 g/mol. The highest BCUT2D eigenvalue weighted by molar-refractivity contribution is 6.35. The molecule has 3 rings (SSSR count). The number of allylic oxidation sites excluding steroid dienone is 1. The SMILES string of the molecule is C=CCn1c(O)c(N=Nc2cc(Cl)cc(Cl)c2)c2ccccc21. The van der Waals surface area contributed by atoms with Crippen molar-refractivity contribution < 1.29 is 5.11 Å². The molecule has 0 spiro atoms. The molecule has 0 bridgehead atoms. The summed E-state index contributed by atoms with van der Waals surface area (Å²) in [6.45, 7) is 4.19. The summed E-state index contributed by atoms with van der Waals surface area (Å²) in [4.78, 5) is 0. The Balaban J connectivity index is 2.11. The largest absolute Gasteiger partial charge is 0.493 e. The summed E-state index contributed by atoms with van der Waals surface area (Å²) in [6.07, 6.45) is 1.71. The van der Waals surface area contributed by atoms with Crippen LogP contribution in [0.3, 0.4) is 0 Å². The van der Waals surface area contributed by atoms with Gasteiger partial charge >= 0.3 is 0 Å². The molecule has 0 aliphatic rings. The van der Waals surface area contributed by atoms with Crippen molar-refractivity contribution in [2.24, 2.45) is 10.2 Å². The summed E-state index contributed by atoms with van der Waals surface area (Å²) in [5.41, 5.74) is 1.78. The number of hydrogen-bond donors (Lipinski definition) is 1. The first kappa shape index (κ1) is 15.6. The summed E-state index contributed by atoms with van der Waals surface area (Å²) < 4.78 is 1.72. The average molecular weight is 346 g/mol. The van der Waals surface area contributed by atoms with Crippen LogP contribution >= 0.6 is 23.2 Å². The van der Waals surface area contributed by atoms with Gasteiger partial charge in [0.25, 0.3) is 0 Å². The van der Waals surface area contributed by atoms with E-state index in [9.17, 15) is 5.11 Å². The normalized spacial score (nSPS) is 11.4. The molecule has 3 aromatic rings. The molecule has 6 heteroatoms. The minimum atomic E-state index is 0.0444. The van der Waals surface area contributed by atoms with E-state index in [4.69, 9.17) is 23.2 Å². The quantitative estimate of drug-likeness (QED) is 0.440. The smallest absolute Gasteiger partial charge is 0.221 e. The number of azo groups is 1. The van der Waals surface area contributed by atoms with Crippen molar-refractivity contribution in [3.8, 4) is 5.88 Å². The number of benzene rings is 2. The van der Waals surface area contributed by atoms with Gasteiger partial charge in [-0.1, -0.05) is 47.5 Å². The average Bonchev–Trinajstić information content (AvgIpc) is 2.77. The molecule has 1 N–H and O–H groups in total. The van der Waals surface area contributed by atoms with E-state index in [2.05, 4.69) is 16.8 Å². The van der Waals surface area contributed by atoms with Crippen LogP contribution in [0.1, 0.15) is 0 Å². The Bertz CT molecular complexity index is 895. The maximum Gasteiger partial charge on any atom is 0.221 e. The van der Waals surface area contributed by atoms with Crippen molar-refractivity contribution in [3.63, 3.8) is 0 Å². The summed E-state index contributed by atoms with van der Waals surface area (Å²) in [6, 6.07) is 12.5. The highest BCUT2D eigenvalue weighted by Gasteiger charge is 2.15. The number of aromatic hydroxyl groups is 1. The predicted molar refractivity (Wildman–Crippen MR) is 94.4 cm³/mol. The zero-order valence-corrected chi connectivity index (χ0v) is 13.6. The molecule has 23 heavy (non-hydrogen) atoms. The lowest BCUT2D eigenvalue weighted by Crippen LogP contribution is -1.92. The predicted octanol–water partition coefficient (Wildman–Crippen LogP) is 6.26. The van der Waals surface area contributed by atoms with Crippen LogP contribution < -0.4 is 0 Å². The molecule has 116 valence electrons. The molecular formula is C17H13Cl2N3O. The number of hydrogen-bond acceptors (Lipinski definition) is 3. The summed E-state index contributed by atoms with van der Waals surface area (Å²) >= 11 is 11.9. The fourth-order valence-corrected chi connectivity index (χ4v) is 2.90. The van der Waals surface area contributed by atoms with Crippen LogP contribution in [0.15, 0.2) is 65.3 Å². The maximum atomic E-state index is 10.4. The Morgan fingerprint density at radius 3 is 2.48 bits per heavy atom. The van der Waals surface area contributed by atoms with Gasteiger partial charge in [-0.3, -0.25) is 0 Å². The van der Waals surface area contributed by atoms with Crippen LogP contribution in [0.2, 0.25) is 10.0 Å². The number of aromatic nitrogens is 1. The number of fused-ring (bicyclic) bond motifs is 1. The van der Waals surface area contributed by atoms with Gasteiger partial charge < -0.3 is 9.67 Å². The van der Waals surface area contributed by atoms with Crippen molar-refractivity contribution in [2.45, 2.75) is 6.54 Å². The highest BCUT2D eigenvalue weighted by Crippen LogP contribution is 2.39. The first-order chi connectivity index (χ1) is 11.1. The van der Waals surface area contributed by atoms with Crippen LogP contribution in [0, 0.1) is 0 Å². The van der Waals surface area contributed by atoms with Crippen LogP contribution in [0.4, 0.5) is 11.4 Å². The van der Waals surface area contributed by atoms with Crippen molar-refractivity contribution >= 4 is 45.5 Å². The third-order valence-electron chi connectivity index (χ3n) is 3.34. The molecule has 4 nitrogen and oxygen atoms in total. The van der Waals surface area contributed by atoms with Gasteiger partial charge in [-0.25, -0.2) is 0 Å². The topological polar surface area (TPSA) is 49.9 Å². The third kappa shape index (κ3) is 3.09. The van der Waals surface area contributed by atoms with Gasteiger partial charge in [0, 0.05) is 22.0 Å². The van der Waals surface area contributed by atoms with E-state index in [1.54, 1.807) is 28.8 Å². The van der Waals surface area contributed by atoms with Crippen molar-refractivity contribution in [1.82, 2.24) is 4.57 Å². The summed E-state index contributed by atoms with van der Waals surface area (Å²) in [5, 5.41) is 20.5.